The molecule has 0 atom stereocenters. The summed E-state index contributed by atoms with van der Waals surface area (Å²) >= 11 is 0.0648. The molecule has 88 valence electrons. The van der Waals surface area contributed by atoms with Crippen LogP contribution in [0.5, 0.6) is 0 Å². The number of nitrogens with zero attached hydrogens (tertiary/aromatic N) is 2. The molecule has 0 N–H and O–H groups in total. The van der Waals surface area contributed by atoms with Gasteiger partial charge in [-0.15, -0.1) is 9.39 Å². The Labute approximate surface area is 117 Å². The molecular weight excluding hydrogens is 282 g/mol. The molecule has 0 rings (SSSR count). The van der Waals surface area contributed by atoms with Gasteiger partial charge in [-0.25, -0.2) is 9.59 Å². The second-order valence-electron chi connectivity index (χ2n) is 1.56. The molecule has 0 aliphatic carbocycles. The minimum atomic E-state index is -6.00. The van der Waals surface area contributed by atoms with Crippen LogP contribution in [0.3, 0.4) is 0 Å². The van der Waals surface area contributed by atoms with Gasteiger partial charge in [0.15, 0.2) is 0 Å². The number of hydrogen-bond donors (Lipinski definition) is 0. The van der Waals surface area contributed by atoms with Crippen molar-refractivity contribution < 1.29 is 66.0 Å². The van der Waals surface area contributed by atoms with Crippen LogP contribution >= 0.6 is 11.9 Å². The Morgan fingerprint density at radius 3 is 1.76 bits per heavy atom. The van der Waals surface area contributed by atoms with Crippen LogP contribution in [0.15, 0.2) is 9.39 Å². The topological polar surface area (TPSA) is 93.0 Å². The average molecular weight is 282 g/mol. The molecular formula is C4BF4N2NaO4S. The van der Waals surface area contributed by atoms with Crippen LogP contribution in [-0.2, 0) is 19.2 Å². The van der Waals surface area contributed by atoms with Crippen molar-refractivity contribution in [1.82, 2.24) is 0 Å². The molecule has 0 aliphatic rings. The summed E-state index contributed by atoms with van der Waals surface area (Å²) in [5, 5.41) is -1.13. The second kappa shape index (κ2) is 11.7. The number of carbonyl (C=O) groups is 2. The minimum absolute atomic E-state index is 0. The fourth-order valence-corrected chi connectivity index (χ4v) is 0.430. The van der Waals surface area contributed by atoms with Gasteiger partial charge in [0.05, 0.1) is 11.9 Å². The first-order chi connectivity index (χ1) is 7.22. The maximum atomic E-state index is 10.4. The van der Waals surface area contributed by atoms with Gasteiger partial charge in [-0.05, 0) is 0 Å². The van der Waals surface area contributed by atoms with Crippen molar-refractivity contribution >= 4 is 42.4 Å². The Bertz CT molecular complexity index is 359. The largest absolute Gasteiger partial charge is 1.00 e. The Balaban J connectivity index is -0.000000280. The van der Waals surface area contributed by atoms with Crippen LogP contribution in [0.1, 0.15) is 0 Å². The maximum Gasteiger partial charge on any atom is 1.00 e. The van der Waals surface area contributed by atoms with Crippen LogP contribution in [0, 0.1) is 0 Å². The summed E-state index contributed by atoms with van der Waals surface area (Å²) in [6.07, 6.45) is 1.90. The number of halogens is 4. The molecule has 0 radical (unpaired) electrons. The number of rotatable bonds is 1. The van der Waals surface area contributed by atoms with Crippen LogP contribution in [0.2, 0.25) is 0 Å². The fraction of sp³-hybridized carbons (Fsp3) is 0. The van der Waals surface area contributed by atoms with Gasteiger partial charge in [-0.3, -0.25) is 9.59 Å². The molecule has 0 spiro atoms. The zero-order valence-corrected chi connectivity index (χ0v) is 10.8. The van der Waals surface area contributed by atoms with Crippen molar-refractivity contribution in [3.8, 4) is 0 Å². The number of amides is 1. The minimum Gasteiger partial charge on any atom is -0.418 e. The third-order valence-corrected chi connectivity index (χ3v) is 0.994. The molecule has 0 saturated heterocycles. The van der Waals surface area contributed by atoms with Gasteiger partial charge in [0, 0.05) is 0 Å². The quantitative estimate of drug-likeness (QED) is 0.134. The van der Waals surface area contributed by atoms with E-state index < -0.39 is 18.3 Å². The van der Waals surface area contributed by atoms with Crippen LogP contribution < -0.4 is 29.6 Å². The van der Waals surface area contributed by atoms with Gasteiger partial charge in [0.2, 0.25) is 12.2 Å². The molecule has 1 amide bonds. The van der Waals surface area contributed by atoms with E-state index in [0.717, 1.165) is 12.2 Å². The van der Waals surface area contributed by atoms with Gasteiger partial charge in [0.25, 0.3) is 0 Å². The predicted octanol–water partition coefficient (Wildman–Crippen LogP) is -2.34. The Hall–Kier alpha value is -0.765. The standard InChI is InChI=1S/C4N2O4S.BF4.Na/c7-1-5-3(9)4(10)11-6-2-8;2-1(3,4)5;/q;-1;+1. The van der Waals surface area contributed by atoms with E-state index in [1.54, 1.807) is 0 Å². The molecule has 0 unspecified atom stereocenters. The summed E-state index contributed by atoms with van der Waals surface area (Å²) in [5.74, 6) is -1.30. The number of isocyanates is 2. The molecule has 6 nitrogen and oxygen atoms in total. The van der Waals surface area contributed by atoms with Crippen molar-refractivity contribution in [1.29, 1.82) is 0 Å². The van der Waals surface area contributed by atoms with Gasteiger partial charge in [-0.1, -0.05) is 0 Å². The SMILES string of the molecule is F[B-](F)(F)F.O=C=NSC(=O)C(=O)N=C=O.[Na+]. The average Bonchev–Trinajstić information content (AvgIpc) is 2.11. The van der Waals surface area contributed by atoms with Gasteiger partial charge in [-0.2, -0.15) is 0 Å². The smallest absolute Gasteiger partial charge is 0.418 e. The van der Waals surface area contributed by atoms with E-state index in [4.69, 9.17) is 0 Å². The van der Waals surface area contributed by atoms with E-state index in [1.807, 2.05) is 0 Å². The first-order valence-electron chi connectivity index (χ1n) is 3.00. The molecule has 0 fully saturated rings. The van der Waals surface area contributed by atoms with Gasteiger partial charge in [0.1, 0.15) is 0 Å². The summed E-state index contributed by atoms with van der Waals surface area (Å²) in [5.41, 5.74) is 0. The molecule has 17 heavy (non-hydrogen) atoms. The normalized spacial score (nSPS) is 8.24. The monoisotopic (exact) mass is 282 g/mol. The Kier molecular flexibility index (Phi) is 14.8. The number of hydrogen-bond acceptors (Lipinski definition) is 6. The summed E-state index contributed by atoms with van der Waals surface area (Å²) in [4.78, 5) is 41.9. The van der Waals surface area contributed by atoms with Gasteiger partial charge < -0.3 is 17.3 Å². The number of aliphatic imine (C=N–C) groups is 1. The molecule has 0 saturated carbocycles. The maximum absolute atomic E-state index is 10.4. The van der Waals surface area contributed by atoms with Crippen LogP contribution in [0.25, 0.3) is 0 Å². The van der Waals surface area contributed by atoms with E-state index in [9.17, 15) is 36.4 Å². The van der Waals surface area contributed by atoms with Crippen molar-refractivity contribution in [2.45, 2.75) is 0 Å². The Morgan fingerprint density at radius 2 is 1.47 bits per heavy atom. The van der Waals surface area contributed by atoms with Crippen molar-refractivity contribution in [2.75, 3.05) is 0 Å². The summed E-state index contributed by atoms with van der Waals surface area (Å²) < 4.78 is 41.7. The molecule has 13 heteroatoms. The third-order valence-electron chi connectivity index (χ3n) is 0.488. The van der Waals surface area contributed by atoms with E-state index >= 15 is 0 Å². The summed E-state index contributed by atoms with van der Waals surface area (Å²) in [7, 11) is -6.00. The van der Waals surface area contributed by atoms with Crippen molar-refractivity contribution in [2.24, 2.45) is 9.39 Å². The zero-order valence-electron chi connectivity index (χ0n) is 8.02. The predicted molar refractivity (Wildman–Crippen MR) is 44.0 cm³/mol. The van der Waals surface area contributed by atoms with E-state index in [1.165, 1.54) is 0 Å². The van der Waals surface area contributed by atoms with E-state index in [-0.39, 0.29) is 41.5 Å². The van der Waals surface area contributed by atoms with Crippen molar-refractivity contribution in [3.05, 3.63) is 0 Å². The first-order valence-corrected chi connectivity index (χ1v) is 3.77. The summed E-state index contributed by atoms with van der Waals surface area (Å²) in [6.45, 7) is 0. The molecule has 0 bridgehead atoms. The van der Waals surface area contributed by atoms with Crippen molar-refractivity contribution in [3.63, 3.8) is 0 Å². The van der Waals surface area contributed by atoms with E-state index in [0.29, 0.717) is 0 Å². The molecule has 0 aromatic rings. The fourth-order valence-electron chi connectivity index (χ4n) is 0.186. The third kappa shape index (κ3) is 25.5. The van der Waals surface area contributed by atoms with Crippen LogP contribution in [0.4, 0.5) is 17.3 Å². The van der Waals surface area contributed by atoms with Crippen LogP contribution in [-0.4, -0.2) is 30.4 Å². The van der Waals surface area contributed by atoms with E-state index in [2.05, 4.69) is 9.39 Å². The zero-order chi connectivity index (χ0) is 13.2. The molecule has 0 aromatic heterocycles. The Morgan fingerprint density at radius 1 is 1.06 bits per heavy atom. The summed E-state index contributed by atoms with van der Waals surface area (Å²) in [6, 6.07) is 0. The molecule has 0 aliphatic heterocycles. The number of carbonyl (C=O) groups excluding carboxylic acids is 4. The molecule has 0 aromatic carbocycles. The molecule has 0 heterocycles. The first kappa shape index (κ1) is 21.5. The van der Waals surface area contributed by atoms with Gasteiger partial charge >= 0.3 is 47.8 Å². The second-order valence-corrected chi connectivity index (χ2v) is 2.30.